The third-order valence-corrected chi connectivity index (χ3v) is 3.40. The van der Waals surface area contributed by atoms with Gasteiger partial charge in [-0.1, -0.05) is 5.16 Å². The van der Waals surface area contributed by atoms with Crippen molar-refractivity contribution in [1.29, 1.82) is 0 Å². The number of benzene rings is 1. The molecule has 1 atom stereocenters. The summed E-state index contributed by atoms with van der Waals surface area (Å²) in [5.41, 5.74) is 0.916. The fraction of sp³-hybridized carbons (Fsp3) is 0.429. The third kappa shape index (κ3) is 2.76. The average Bonchev–Trinajstić information content (AvgIpc) is 3.11. The zero-order valence-corrected chi connectivity index (χ0v) is 10.9. The molecular formula is C14H17N3O2. The summed E-state index contributed by atoms with van der Waals surface area (Å²) in [4.78, 5) is 4.44. The molecule has 0 saturated carbocycles. The minimum Gasteiger partial charge on any atom is -0.497 e. The Balaban J connectivity index is 1.72. The summed E-state index contributed by atoms with van der Waals surface area (Å²) in [6.07, 6.45) is 3.25. The molecule has 3 rings (SSSR count). The predicted octanol–water partition coefficient (Wildman–Crippen LogP) is 2.04. The summed E-state index contributed by atoms with van der Waals surface area (Å²) in [5.74, 6) is 2.15. The van der Waals surface area contributed by atoms with Crippen molar-refractivity contribution < 1.29 is 9.26 Å². The van der Waals surface area contributed by atoms with E-state index in [2.05, 4.69) is 15.5 Å². The highest BCUT2D eigenvalue weighted by Crippen LogP contribution is 2.21. The maximum absolute atomic E-state index is 5.30. The van der Waals surface area contributed by atoms with Crippen LogP contribution in [0.5, 0.6) is 5.75 Å². The fourth-order valence-corrected chi connectivity index (χ4v) is 2.34. The minimum atomic E-state index is 0.487. The van der Waals surface area contributed by atoms with E-state index < -0.39 is 0 Å². The number of nitrogens with zero attached hydrogens (tertiary/aromatic N) is 2. The van der Waals surface area contributed by atoms with Crippen molar-refractivity contribution in [2.75, 3.05) is 13.7 Å². The van der Waals surface area contributed by atoms with Crippen molar-refractivity contribution in [2.24, 2.45) is 0 Å². The third-order valence-electron chi connectivity index (χ3n) is 3.40. The normalized spacial score (nSPS) is 18.7. The van der Waals surface area contributed by atoms with Gasteiger partial charge >= 0.3 is 0 Å². The molecule has 1 N–H and O–H groups in total. The zero-order valence-electron chi connectivity index (χ0n) is 10.9. The van der Waals surface area contributed by atoms with Crippen molar-refractivity contribution in [3.8, 4) is 17.2 Å². The van der Waals surface area contributed by atoms with Gasteiger partial charge in [-0.2, -0.15) is 4.98 Å². The molecule has 0 amide bonds. The maximum Gasteiger partial charge on any atom is 0.257 e. The lowest BCUT2D eigenvalue weighted by atomic mass is 10.1. The quantitative estimate of drug-likeness (QED) is 0.910. The summed E-state index contributed by atoms with van der Waals surface area (Å²) in [6, 6.07) is 8.10. The summed E-state index contributed by atoms with van der Waals surface area (Å²) in [6.45, 7) is 1.09. The molecule has 1 fully saturated rings. The molecule has 5 nitrogen and oxygen atoms in total. The van der Waals surface area contributed by atoms with E-state index in [1.165, 1.54) is 12.8 Å². The minimum absolute atomic E-state index is 0.487. The Morgan fingerprint density at radius 3 is 2.89 bits per heavy atom. The van der Waals surface area contributed by atoms with Crippen LogP contribution in [0.4, 0.5) is 0 Å². The first kappa shape index (κ1) is 12.2. The van der Waals surface area contributed by atoms with E-state index >= 15 is 0 Å². The van der Waals surface area contributed by atoms with E-state index in [4.69, 9.17) is 9.26 Å². The number of aromatic nitrogens is 2. The van der Waals surface area contributed by atoms with Crippen LogP contribution in [0.15, 0.2) is 28.8 Å². The van der Waals surface area contributed by atoms with Crippen LogP contribution in [0.1, 0.15) is 18.7 Å². The lowest BCUT2D eigenvalue weighted by Gasteiger charge is -2.04. The topological polar surface area (TPSA) is 60.2 Å². The van der Waals surface area contributed by atoms with Gasteiger partial charge in [-0.3, -0.25) is 0 Å². The van der Waals surface area contributed by atoms with Gasteiger partial charge in [0.2, 0.25) is 0 Å². The van der Waals surface area contributed by atoms with Crippen LogP contribution in [-0.4, -0.2) is 29.8 Å². The highest BCUT2D eigenvalue weighted by molar-refractivity contribution is 5.54. The van der Waals surface area contributed by atoms with E-state index in [1.807, 2.05) is 24.3 Å². The van der Waals surface area contributed by atoms with E-state index in [1.54, 1.807) is 7.11 Å². The lowest BCUT2D eigenvalue weighted by molar-refractivity contribution is 0.413. The molecule has 0 aliphatic carbocycles. The van der Waals surface area contributed by atoms with Crippen LogP contribution >= 0.6 is 0 Å². The Bertz CT molecular complexity index is 530. The van der Waals surface area contributed by atoms with Gasteiger partial charge in [0.25, 0.3) is 5.89 Å². The SMILES string of the molecule is COc1ccc(-c2nc(CC3CCCN3)no2)cc1. The van der Waals surface area contributed by atoms with Crippen LogP contribution in [0.25, 0.3) is 11.5 Å². The monoisotopic (exact) mass is 259 g/mol. The number of nitrogens with one attached hydrogen (secondary N) is 1. The van der Waals surface area contributed by atoms with Gasteiger partial charge < -0.3 is 14.6 Å². The highest BCUT2D eigenvalue weighted by atomic mass is 16.5. The lowest BCUT2D eigenvalue weighted by Crippen LogP contribution is -2.24. The van der Waals surface area contributed by atoms with Crippen LogP contribution in [-0.2, 0) is 6.42 Å². The first-order valence-corrected chi connectivity index (χ1v) is 6.55. The molecule has 100 valence electrons. The average molecular weight is 259 g/mol. The Morgan fingerprint density at radius 1 is 1.37 bits per heavy atom. The second-order valence-corrected chi connectivity index (χ2v) is 4.74. The number of hydrogen-bond acceptors (Lipinski definition) is 5. The molecule has 5 heteroatoms. The van der Waals surface area contributed by atoms with E-state index in [0.29, 0.717) is 11.9 Å². The van der Waals surface area contributed by atoms with Crippen LogP contribution < -0.4 is 10.1 Å². The van der Waals surface area contributed by atoms with Crippen molar-refractivity contribution in [2.45, 2.75) is 25.3 Å². The number of rotatable bonds is 4. The van der Waals surface area contributed by atoms with Crippen molar-refractivity contribution >= 4 is 0 Å². The van der Waals surface area contributed by atoms with Crippen molar-refractivity contribution in [3.05, 3.63) is 30.1 Å². The van der Waals surface area contributed by atoms with Gasteiger partial charge in [0, 0.05) is 18.0 Å². The van der Waals surface area contributed by atoms with Crippen molar-refractivity contribution in [3.63, 3.8) is 0 Å². The maximum atomic E-state index is 5.30. The predicted molar refractivity (Wildman–Crippen MR) is 71.0 cm³/mol. The molecule has 1 aromatic heterocycles. The van der Waals surface area contributed by atoms with Crippen LogP contribution in [0, 0.1) is 0 Å². The van der Waals surface area contributed by atoms with Gasteiger partial charge in [-0.15, -0.1) is 0 Å². The molecule has 1 aliphatic rings. The van der Waals surface area contributed by atoms with Gasteiger partial charge in [-0.25, -0.2) is 0 Å². The van der Waals surface area contributed by atoms with E-state index in [0.717, 1.165) is 30.1 Å². The molecule has 1 aromatic carbocycles. The van der Waals surface area contributed by atoms with Gasteiger partial charge in [0.05, 0.1) is 7.11 Å². The molecule has 0 radical (unpaired) electrons. The van der Waals surface area contributed by atoms with E-state index in [9.17, 15) is 0 Å². The molecule has 2 aromatic rings. The second kappa shape index (κ2) is 5.40. The first-order chi connectivity index (χ1) is 9.35. The smallest absolute Gasteiger partial charge is 0.257 e. The summed E-state index contributed by atoms with van der Waals surface area (Å²) >= 11 is 0. The number of hydrogen-bond donors (Lipinski definition) is 1. The molecular weight excluding hydrogens is 242 g/mol. The molecule has 1 saturated heterocycles. The van der Waals surface area contributed by atoms with Crippen LogP contribution in [0.2, 0.25) is 0 Å². The standard InChI is InChI=1S/C14H17N3O2/c1-18-12-6-4-10(5-7-12)14-16-13(17-19-14)9-11-3-2-8-15-11/h4-7,11,15H,2-3,8-9H2,1H3. The molecule has 2 heterocycles. The Hall–Kier alpha value is -1.88. The Labute approximate surface area is 112 Å². The molecule has 1 aliphatic heterocycles. The zero-order chi connectivity index (χ0) is 13.1. The van der Waals surface area contributed by atoms with Crippen LogP contribution in [0.3, 0.4) is 0 Å². The summed E-state index contributed by atoms with van der Waals surface area (Å²) in [5, 5.41) is 7.47. The second-order valence-electron chi connectivity index (χ2n) is 4.74. The van der Waals surface area contributed by atoms with E-state index in [-0.39, 0.29) is 0 Å². The van der Waals surface area contributed by atoms with Gasteiger partial charge in [-0.05, 0) is 43.7 Å². The van der Waals surface area contributed by atoms with Gasteiger partial charge in [0.1, 0.15) is 5.75 Å². The Morgan fingerprint density at radius 2 is 2.21 bits per heavy atom. The Kier molecular flexibility index (Phi) is 3.46. The number of methoxy groups -OCH3 is 1. The highest BCUT2D eigenvalue weighted by Gasteiger charge is 2.18. The molecule has 0 bridgehead atoms. The summed E-state index contributed by atoms with van der Waals surface area (Å²) < 4.78 is 10.4. The van der Waals surface area contributed by atoms with Crippen molar-refractivity contribution in [1.82, 2.24) is 15.5 Å². The largest absolute Gasteiger partial charge is 0.497 e. The fourth-order valence-electron chi connectivity index (χ4n) is 2.34. The number of ether oxygens (including phenoxy) is 1. The van der Waals surface area contributed by atoms with Gasteiger partial charge in [0.15, 0.2) is 5.82 Å². The molecule has 0 spiro atoms. The summed E-state index contributed by atoms with van der Waals surface area (Å²) in [7, 11) is 1.65. The first-order valence-electron chi connectivity index (χ1n) is 6.55. The molecule has 19 heavy (non-hydrogen) atoms. The molecule has 1 unspecified atom stereocenters.